The van der Waals surface area contributed by atoms with Crippen molar-refractivity contribution in [1.82, 2.24) is 4.98 Å². The maximum atomic E-state index is 12.3. The van der Waals surface area contributed by atoms with Gasteiger partial charge in [-0.1, -0.05) is 12.1 Å². The third-order valence-electron chi connectivity index (χ3n) is 3.21. The fourth-order valence-corrected chi connectivity index (χ4v) is 4.57. The van der Waals surface area contributed by atoms with Gasteiger partial charge < -0.3 is 5.11 Å². The summed E-state index contributed by atoms with van der Waals surface area (Å²) in [5, 5.41) is 9.49. The first kappa shape index (κ1) is 13.5. The zero-order valence-corrected chi connectivity index (χ0v) is 12.3. The molecule has 1 heterocycles. The first-order valence-corrected chi connectivity index (χ1v) is 8.59. The van der Waals surface area contributed by atoms with Crippen LogP contribution >= 0.6 is 11.3 Å². The van der Waals surface area contributed by atoms with Gasteiger partial charge in [-0.15, -0.1) is 11.3 Å². The molecule has 0 spiro atoms. The Morgan fingerprint density at radius 2 is 2.20 bits per heavy atom. The van der Waals surface area contributed by atoms with Crippen LogP contribution in [0.3, 0.4) is 0 Å². The van der Waals surface area contributed by atoms with Crippen molar-refractivity contribution >= 4 is 26.5 Å². The average molecular weight is 310 g/mol. The van der Waals surface area contributed by atoms with E-state index in [4.69, 9.17) is 5.11 Å². The summed E-state index contributed by atoms with van der Waals surface area (Å²) in [6.07, 6.45) is 3.00. The monoisotopic (exact) mass is 310 g/mol. The lowest BCUT2D eigenvalue weighted by atomic mass is 10.2. The van der Waals surface area contributed by atoms with Gasteiger partial charge in [0.1, 0.15) is 0 Å². The second-order valence-electron chi connectivity index (χ2n) is 4.65. The molecule has 7 heteroatoms. The quantitative estimate of drug-likeness (QED) is 0.904. The molecule has 3 rings (SSSR count). The standard InChI is InChI=1S/C13H14N2O3S2/c16-8-9-3-1-4-10(7-9)20(17,18)15-13-14-11-5-2-6-12(11)19-13/h1,3-4,7,16H,2,5-6,8H2,(H,14,15). The largest absolute Gasteiger partial charge is 0.392 e. The summed E-state index contributed by atoms with van der Waals surface area (Å²) >= 11 is 1.40. The van der Waals surface area contributed by atoms with Crippen LogP contribution in [0.25, 0.3) is 0 Å². The summed E-state index contributed by atoms with van der Waals surface area (Å²) in [5.41, 5.74) is 1.58. The molecule has 0 saturated carbocycles. The van der Waals surface area contributed by atoms with Crippen molar-refractivity contribution in [2.45, 2.75) is 30.8 Å². The highest BCUT2D eigenvalue weighted by molar-refractivity contribution is 7.93. The van der Waals surface area contributed by atoms with Gasteiger partial charge in [-0.05, 0) is 37.0 Å². The molecule has 0 saturated heterocycles. The number of hydrogen-bond acceptors (Lipinski definition) is 5. The van der Waals surface area contributed by atoms with Gasteiger partial charge in [0.25, 0.3) is 10.0 Å². The number of aliphatic hydroxyl groups is 1. The summed E-state index contributed by atoms with van der Waals surface area (Å²) in [5.74, 6) is 0. The molecule has 1 aromatic carbocycles. The van der Waals surface area contributed by atoms with Gasteiger partial charge in [0.2, 0.25) is 0 Å². The molecule has 0 atom stereocenters. The van der Waals surface area contributed by atoms with Crippen molar-refractivity contribution in [2.24, 2.45) is 0 Å². The second-order valence-corrected chi connectivity index (χ2v) is 7.42. The van der Waals surface area contributed by atoms with Crippen molar-refractivity contribution in [2.75, 3.05) is 4.72 Å². The van der Waals surface area contributed by atoms with Gasteiger partial charge in [0.15, 0.2) is 5.13 Å². The highest BCUT2D eigenvalue weighted by Gasteiger charge is 2.21. The van der Waals surface area contributed by atoms with Crippen molar-refractivity contribution in [3.8, 4) is 0 Å². The van der Waals surface area contributed by atoms with E-state index in [0.717, 1.165) is 25.0 Å². The van der Waals surface area contributed by atoms with Gasteiger partial charge in [0.05, 0.1) is 17.2 Å². The van der Waals surface area contributed by atoms with Crippen molar-refractivity contribution in [3.63, 3.8) is 0 Å². The fraction of sp³-hybridized carbons (Fsp3) is 0.308. The zero-order chi connectivity index (χ0) is 14.2. The summed E-state index contributed by atoms with van der Waals surface area (Å²) < 4.78 is 27.1. The van der Waals surface area contributed by atoms with Crippen LogP contribution < -0.4 is 4.72 Å². The minimum atomic E-state index is -3.65. The van der Waals surface area contributed by atoms with E-state index in [9.17, 15) is 8.42 Å². The van der Waals surface area contributed by atoms with Crippen molar-refractivity contribution < 1.29 is 13.5 Å². The van der Waals surface area contributed by atoms with Gasteiger partial charge in [-0.2, -0.15) is 0 Å². The van der Waals surface area contributed by atoms with E-state index in [-0.39, 0.29) is 11.5 Å². The molecule has 1 aliphatic rings. The number of anilines is 1. The van der Waals surface area contributed by atoms with Crippen molar-refractivity contribution in [1.29, 1.82) is 0 Å². The third-order valence-corrected chi connectivity index (χ3v) is 5.75. The highest BCUT2D eigenvalue weighted by Crippen LogP contribution is 2.31. The van der Waals surface area contributed by atoms with Gasteiger partial charge in [0, 0.05) is 4.88 Å². The molecule has 0 unspecified atom stereocenters. The third kappa shape index (κ3) is 2.56. The number of nitrogens with one attached hydrogen (secondary N) is 1. The number of nitrogens with zero attached hydrogens (tertiary/aromatic N) is 1. The van der Waals surface area contributed by atoms with Crippen LogP contribution in [0.5, 0.6) is 0 Å². The Morgan fingerprint density at radius 1 is 1.35 bits per heavy atom. The second kappa shape index (κ2) is 5.16. The fourth-order valence-electron chi connectivity index (χ4n) is 2.22. The minimum absolute atomic E-state index is 0.138. The molecule has 1 aliphatic carbocycles. The van der Waals surface area contributed by atoms with Crippen LogP contribution in [0.1, 0.15) is 22.6 Å². The summed E-state index contributed by atoms with van der Waals surface area (Å²) in [6, 6.07) is 6.26. The predicted octanol–water partition coefficient (Wildman–Crippen LogP) is 1.92. The molecular weight excluding hydrogens is 296 g/mol. The predicted molar refractivity (Wildman–Crippen MR) is 77.3 cm³/mol. The van der Waals surface area contributed by atoms with E-state index in [1.54, 1.807) is 12.1 Å². The summed E-state index contributed by atoms with van der Waals surface area (Å²) in [7, 11) is -3.65. The van der Waals surface area contributed by atoms with E-state index in [0.29, 0.717) is 10.7 Å². The number of benzene rings is 1. The Balaban J connectivity index is 1.87. The molecule has 0 radical (unpaired) electrons. The normalized spacial score (nSPS) is 14.2. The van der Waals surface area contributed by atoms with E-state index >= 15 is 0 Å². The Kier molecular flexibility index (Phi) is 3.49. The molecule has 2 N–H and O–H groups in total. The Hall–Kier alpha value is -1.44. The molecule has 2 aromatic rings. The number of aliphatic hydroxyl groups excluding tert-OH is 1. The summed E-state index contributed by atoms with van der Waals surface area (Å²) in [4.78, 5) is 5.63. The molecule has 0 bridgehead atoms. The average Bonchev–Trinajstić information content (AvgIpc) is 2.99. The summed E-state index contributed by atoms with van der Waals surface area (Å²) in [6.45, 7) is -0.186. The van der Waals surface area contributed by atoms with Crippen LogP contribution in [0.2, 0.25) is 0 Å². The SMILES string of the molecule is O=S(=O)(Nc1nc2c(s1)CCC2)c1cccc(CO)c1. The Bertz CT molecular complexity index is 716. The van der Waals surface area contributed by atoms with Crippen LogP contribution in [0.4, 0.5) is 5.13 Å². The lowest BCUT2D eigenvalue weighted by Crippen LogP contribution is -2.13. The molecule has 5 nitrogen and oxygen atoms in total. The van der Waals surface area contributed by atoms with Gasteiger partial charge in [-0.3, -0.25) is 4.72 Å². The minimum Gasteiger partial charge on any atom is -0.392 e. The lowest BCUT2D eigenvalue weighted by molar-refractivity contribution is 0.281. The molecular formula is C13H14N2O3S2. The van der Waals surface area contributed by atoms with Crippen LogP contribution in [-0.4, -0.2) is 18.5 Å². The molecule has 0 aliphatic heterocycles. The van der Waals surface area contributed by atoms with Crippen LogP contribution in [-0.2, 0) is 29.5 Å². The van der Waals surface area contributed by atoms with Crippen LogP contribution in [0, 0.1) is 0 Å². The number of fused-ring (bicyclic) bond motifs is 1. The molecule has 0 fully saturated rings. The first-order valence-electron chi connectivity index (χ1n) is 6.30. The molecule has 20 heavy (non-hydrogen) atoms. The van der Waals surface area contributed by atoms with E-state index in [1.807, 2.05) is 0 Å². The lowest BCUT2D eigenvalue weighted by Gasteiger charge is -2.06. The first-order chi connectivity index (χ1) is 9.58. The van der Waals surface area contributed by atoms with E-state index in [2.05, 4.69) is 9.71 Å². The number of thiazole rings is 1. The van der Waals surface area contributed by atoms with Gasteiger partial charge >= 0.3 is 0 Å². The zero-order valence-electron chi connectivity index (χ0n) is 10.7. The Labute approximate surface area is 121 Å². The smallest absolute Gasteiger partial charge is 0.263 e. The topological polar surface area (TPSA) is 79.3 Å². The van der Waals surface area contributed by atoms with Crippen LogP contribution in [0.15, 0.2) is 29.2 Å². The van der Waals surface area contributed by atoms with Gasteiger partial charge in [-0.25, -0.2) is 13.4 Å². The maximum Gasteiger partial charge on any atom is 0.263 e. The highest BCUT2D eigenvalue weighted by atomic mass is 32.2. The number of sulfonamides is 1. The molecule has 0 amide bonds. The Morgan fingerprint density at radius 3 is 2.95 bits per heavy atom. The maximum absolute atomic E-state index is 12.3. The number of hydrogen-bond donors (Lipinski definition) is 2. The van der Waals surface area contributed by atoms with E-state index in [1.165, 1.54) is 28.3 Å². The number of rotatable bonds is 4. The molecule has 1 aromatic heterocycles. The molecule has 106 valence electrons. The number of aromatic nitrogens is 1. The van der Waals surface area contributed by atoms with Crippen molar-refractivity contribution in [3.05, 3.63) is 40.4 Å². The number of aryl methyl sites for hydroxylation is 2. The van der Waals surface area contributed by atoms with E-state index < -0.39 is 10.0 Å².